The molecule has 1 aromatic carbocycles. The number of rotatable bonds is 2. The van der Waals surface area contributed by atoms with Crippen LogP contribution in [0.5, 0.6) is 0 Å². The number of carbonyl (C=O) groups excluding carboxylic acids is 1. The van der Waals surface area contributed by atoms with Crippen LogP contribution in [-0.4, -0.2) is 62.4 Å². The number of fused-ring (bicyclic) bond motifs is 1. The van der Waals surface area contributed by atoms with Gasteiger partial charge in [-0.2, -0.15) is 0 Å². The molecule has 1 aliphatic carbocycles. The van der Waals surface area contributed by atoms with Gasteiger partial charge in [-0.25, -0.2) is 0 Å². The lowest BCUT2D eigenvalue weighted by Crippen LogP contribution is -2.61. The van der Waals surface area contributed by atoms with Crippen LogP contribution in [0.25, 0.3) is 0 Å². The van der Waals surface area contributed by atoms with Gasteiger partial charge in [-0.15, -0.1) is 0 Å². The molecule has 4 fully saturated rings. The topological polar surface area (TPSA) is 42.0 Å². The zero-order valence-corrected chi connectivity index (χ0v) is 15.5. The van der Waals surface area contributed by atoms with Gasteiger partial charge in [0.2, 0.25) is 5.91 Å². The fraction of sp³-hybridized carbons (Fsp3) is 0.667. The van der Waals surface area contributed by atoms with Crippen LogP contribution in [0.15, 0.2) is 24.3 Å². The molecule has 1 spiro atoms. The Labute approximate surface area is 155 Å². The number of nitrogens with zero attached hydrogens (tertiary/aromatic N) is 2. The van der Waals surface area contributed by atoms with Crippen molar-refractivity contribution in [1.82, 2.24) is 4.90 Å². The number of morpholine rings is 1. The Kier molecular flexibility index (Phi) is 3.98. The van der Waals surface area contributed by atoms with Crippen molar-refractivity contribution >= 4 is 11.6 Å². The Morgan fingerprint density at radius 1 is 1.19 bits per heavy atom. The summed E-state index contributed by atoms with van der Waals surface area (Å²) in [4.78, 5) is 17.5. The molecule has 1 saturated carbocycles. The summed E-state index contributed by atoms with van der Waals surface area (Å²) in [7, 11) is 0. The van der Waals surface area contributed by atoms with Gasteiger partial charge in [-0.05, 0) is 49.3 Å². The molecule has 5 nitrogen and oxygen atoms in total. The zero-order chi connectivity index (χ0) is 17.7. The summed E-state index contributed by atoms with van der Waals surface area (Å²) < 4.78 is 11.8. The lowest BCUT2D eigenvalue weighted by atomic mass is 9.90. The average Bonchev–Trinajstić information content (AvgIpc) is 3.12. The molecule has 0 aromatic heterocycles. The molecule has 1 aromatic rings. The highest BCUT2D eigenvalue weighted by Crippen LogP contribution is 2.51. The number of hydrogen-bond donors (Lipinski definition) is 0. The Morgan fingerprint density at radius 2 is 2.04 bits per heavy atom. The number of benzene rings is 1. The molecule has 3 saturated heterocycles. The number of hydrogen-bond acceptors (Lipinski definition) is 4. The van der Waals surface area contributed by atoms with Crippen LogP contribution in [0.1, 0.15) is 18.4 Å². The summed E-state index contributed by atoms with van der Waals surface area (Å²) in [5.41, 5.74) is 2.34. The maximum atomic E-state index is 13.0. The molecule has 5 rings (SSSR count). The minimum atomic E-state index is -0.212. The zero-order valence-electron chi connectivity index (χ0n) is 15.5. The number of ether oxygens (including phenoxy) is 2. The van der Waals surface area contributed by atoms with E-state index in [-0.39, 0.29) is 11.5 Å². The first-order valence-electron chi connectivity index (χ1n) is 9.97. The second-order valence-corrected chi connectivity index (χ2v) is 8.55. The standard InChI is InChI=1S/C21H28N2O3/c1-15-4-2-5-16(10-15)22-7-3-6-21(13-22)14-23(8-9-26-21)20(24)19-17-11-25-12-18(17)19/h2,4-5,10,17-19H,3,6-9,11-14H2,1H3/t17-,18+,19?,21?. The van der Waals surface area contributed by atoms with Crippen LogP contribution in [0.4, 0.5) is 5.69 Å². The van der Waals surface area contributed by atoms with Gasteiger partial charge in [-0.1, -0.05) is 12.1 Å². The van der Waals surface area contributed by atoms with E-state index in [0.29, 0.717) is 24.3 Å². The van der Waals surface area contributed by atoms with Gasteiger partial charge in [0.1, 0.15) is 5.60 Å². The summed E-state index contributed by atoms with van der Waals surface area (Å²) in [6.07, 6.45) is 2.15. The molecular weight excluding hydrogens is 328 g/mol. The average molecular weight is 356 g/mol. The molecule has 1 amide bonds. The molecule has 26 heavy (non-hydrogen) atoms. The Bertz CT molecular complexity index is 694. The van der Waals surface area contributed by atoms with Crippen molar-refractivity contribution in [2.75, 3.05) is 50.9 Å². The van der Waals surface area contributed by atoms with Gasteiger partial charge in [0, 0.05) is 31.2 Å². The third kappa shape index (κ3) is 2.81. The highest BCUT2D eigenvalue weighted by molar-refractivity contribution is 5.82. The Balaban J connectivity index is 1.29. The van der Waals surface area contributed by atoms with Gasteiger partial charge in [0.15, 0.2) is 0 Å². The molecular formula is C21H28N2O3. The highest BCUT2D eigenvalue weighted by atomic mass is 16.5. The minimum Gasteiger partial charge on any atom is -0.381 e. The van der Waals surface area contributed by atoms with Crippen molar-refractivity contribution in [3.63, 3.8) is 0 Å². The van der Waals surface area contributed by atoms with E-state index in [2.05, 4.69) is 41.0 Å². The van der Waals surface area contributed by atoms with Crippen LogP contribution in [-0.2, 0) is 14.3 Å². The number of anilines is 1. The van der Waals surface area contributed by atoms with E-state index in [1.165, 1.54) is 11.3 Å². The summed E-state index contributed by atoms with van der Waals surface area (Å²) in [5.74, 6) is 1.53. The molecule has 0 radical (unpaired) electrons. The van der Waals surface area contributed by atoms with E-state index in [4.69, 9.17) is 9.47 Å². The van der Waals surface area contributed by atoms with Gasteiger partial charge in [0.25, 0.3) is 0 Å². The second-order valence-electron chi connectivity index (χ2n) is 8.55. The molecule has 3 heterocycles. The van der Waals surface area contributed by atoms with Crippen molar-refractivity contribution in [3.05, 3.63) is 29.8 Å². The van der Waals surface area contributed by atoms with Gasteiger partial charge < -0.3 is 19.3 Å². The predicted molar refractivity (Wildman–Crippen MR) is 99.2 cm³/mol. The summed E-state index contributed by atoms with van der Waals surface area (Å²) in [5, 5.41) is 0. The van der Waals surface area contributed by atoms with E-state index >= 15 is 0 Å². The molecule has 140 valence electrons. The summed E-state index contributed by atoms with van der Waals surface area (Å²) >= 11 is 0. The lowest BCUT2D eigenvalue weighted by molar-refractivity contribution is -0.154. The number of piperidine rings is 1. The van der Waals surface area contributed by atoms with E-state index in [9.17, 15) is 4.79 Å². The van der Waals surface area contributed by atoms with E-state index in [0.717, 1.165) is 52.2 Å². The molecule has 4 aliphatic rings. The van der Waals surface area contributed by atoms with Crippen molar-refractivity contribution in [2.24, 2.45) is 17.8 Å². The first-order valence-corrected chi connectivity index (χ1v) is 9.97. The van der Waals surface area contributed by atoms with Crippen molar-refractivity contribution in [1.29, 1.82) is 0 Å². The molecule has 2 unspecified atom stereocenters. The second kappa shape index (κ2) is 6.24. The van der Waals surface area contributed by atoms with Crippen molar-refractivity contribution in [3.8, 4) is 0 Å². The van der Waals surface area contributed by atoms with Crippen LogP contribution in [0, 0.1) is 24.7 Å². The lowest BCUT2D eigenvalue weighted by Gasteiger charge is -2.48. The number of carbonyl (C=O) groups is 1. The van der Waals surface area contributed by atoms with Gasteiger partial charge >= 0.3 is 0 Å². The Morgan fingerprint density at radius 3 is 2.85 bits per heavy atom. The Hall–Kier alpha value is -1.59. The molecule has 0 bridgehead atoms. The maximum absolute atomic E-state index is 13.0. The summed E-state index contributed by atoms with van der Waals surface area (Å²) in [6, 6.07) is 8.69. The van der Waals surface area contributed by atoms with Gasteiger partial charge in [0.05, 0.1) is 26.4 Å². The quantitative estimate of drug-likeness (QED) is 0.814. The van der Waals surface area contributed by atoms with Crippen LogP contribution >= 0.6 is 0 Å². The molecule has 0 N–H and O–H groups in total. The van der Waals surface area contributed by atoms with E-state index < -0.39 is 0 Å². The van der Waals surface area contributed by atoms with Crippen molar-refractivity contribution in [2.45, 2.75) is 25.4 Å². The molecule has 5 heteroatoms. The van der Waals surface area contributed by atoms with E-state index in [1.54, 1.807) is 0 Å². The predicted octanol–water partition coefficient (Wildman–Crippen LogP) is 2.09. The normalized spacial score (nSPS) is 36.3. The largest absolute Gasteiger partial charge is 0.381 e. The first kappa shape index (κ1) is 16.6. The van der Waals surface area contributed by atoms with Crippen LogP contribution in [0.2, 0.25) is 0 Å². The SMILES string of the molecule is Cc1cccc(N2CCCC3(CN(C(=O)C4[C@H]5COC[C@@H]45)CCO3)C2)c1. The summed E-state index contributed by atoms with van der Waals surface area (Å²) in [6.45, 7) is 7.76. The molecule has 4 atom stereocenters. The van der Waals surface area contributed by atoms with Crippen LogP contribution < -0.4 is 4.90 Å². The third-order valence-corrected chi connectivity index (χ3v) is 6.70. The molecule has 3 aliphatic heterocycles. The first-order chi connectivity index (χ1) is 12.7. The third-order valence-electron chi connectivity index (χ3n) is 6.70. The van der Waals surface area contributed by atoms with Crippen molar-refractivity contribution < 1.29 is 14.3 Å². The fourth-order valence-electron chi connectivity index (χ4n) is 5.24. The van der Waals surface area contributed by atoms with Crippen LogP contribution in [0.3, 0.4) is 0 Å². The maximum Gasteiger partial charge on any atom is 0.226 e. The number of amides is 1. The smallest absolute Gasteiger partial charge is 0.226 e. The number of aryl methyl sites for hydroxylation is 1. The van der Waals surface area contributed by atoms with Gasteiger partial charge in [-0.3, -0.25) is 4.79 Å². The monoisotopic (exact) mass is 356 g/mol. The fourth-order valence-corrected chi connectivity index (χ4v) is 5.24. The minimum absolute atomic E-state index is 0.212. The highest BCUT2D eigenvalue weighted by Gasteiger charge is 2.59. The van der Waals surface area contributed by atoms with E-state index in [1.807, 2.05) is 0 Å².